The van der Waals surface area contributed by atoms with E-state index < -0.39 is 11.1 Å². The van der Waals surface area contributed by atoms with Crippen molar-refractivity contribution in [1.82, 2.24) is 0 Å². The molecular weight excluding hydrogens is 204 g/mol. The Kier molecular flexibility index (Phi) is 3.65. The van der Waals surface area contributed by atoms with Crippen molar-refractivity contribution in [2.75, 3.05) is 6.61 Å². The lowest BCUT2D eigenvalue weighted by molar-refractivity contribution is -0.127. The van der Waals surface area contributed by atoms with E-state index >= 15 is 0 Å². The molecule has 0 radical (unpaired) electrons. The quantitative estimate of drug-likeness (QED) is 0.721. The Labute approximate surface area is 96.2 Å². The second-order valence-electron chi connectivity index (χ2n) is 5.10. The van der Waals surface area contributed by atoms with Gasteiger partial charge >= 0.3 is 0 Å². The lowest BCUT2D eigenvalue weighted by atomic mass is 9.78. The van der Waals surface area contributed by atoms with Gasteiger partial charge in [0.2, 0.25) is 0 Å². The van der Waals surface area contributed by atoms with Gasteiger partial charge in [-0.15, -0.1) is 0 Å². The van der Waals surface area contributed by atoms with Crippen LogP contribution < -0.4 is 5.73 Å². The van der Waals surface area contributed by atoms with Crippen LogP contribution in [0.25, 0.3) is 0 Å². The number of allylic oxidation sites excluding steroid dienone is 1. The monoisotopic (exact) mass is 224 g/mol. The van der Waals surface area contributed by atoms with Gasteiger partial charge in [-0.3, -0.25) is 9.79 Å². The smallest absolute Gasteiger partial charge is 0.183 e. The Hall–Kier alpha value is -1.00. The maximum atomic E-state index is 12.3. The van der Waals surface area contributed by atoms with E-state index in [0.29, 0.717) is 6.42 Å². The summed E-state index contributed by atoms with van der Waals surface area (Å²) in [5.41, 5.74) is 4.05. The third-order valence-corrected chi connectivity index (χ3v) is 2.71. The zero-order chi connectivity index (χ0) is 12.4. The number of hydrogen-bond donors (Lipinski definition) is 2. The van der Waals surface area contributed by atoms with Crippen LogP contribution in [0.1, 0.15) is 27.2 Å². The molecule has 1 rings (SSSR count). The Bertz CT molecular complexity index is 314. The molecule has 3 N–H and O–H groups in total. The maximum absolute atomic E-state index is 12.3. The lowest BCUT2D eigenvalue weighted by Crippen LogP contribution is -2.53. The third kappa shape index (κ3) is 2.57. The highest BCUT2D eigenvalue weighted by atomic mass is 16.3. The van der Waals surface area contributed by atoms with Crippen molar-refractivity contribution in [3.05, 3.63) is 12.2 Å². The van der Waals surface area contributed by atoms with Crippen molar-refractivity contribution in [2.24, 2.45) is 16.6 Å². The lowest BCUT2D eigenvalue weighted by Gasteiger charge is -2.31. The molecule has 0 amide bonds. The molecule has 0 saturated carbocycles. The summed E-state index contributed by atoms with van der Waals surface area (Å²) < 4.78 is 0. The minimum atomic E-state index is -0.915. The fourth-order valence-corrected chi connectivity index (χ4v) is 1.92. The van der Waals surface area contributed by atoms with Gasteiger partial charge < -0.3 is 10.8 Å². The van der Waals surface area contributed by atoms with Crippen molar-refractivity contribution in [3.63, 3.8) is 0 Å². The largest absolute Gasteiger partial charge is 0.396 e. The van der Waals surface area contributed by atoms with Gasteiger partial charge in [0, 0.05) is 12.8 Å². The molecule has 0 aliphatic carbocycles. The van der Waals surface area contributed by atoms with Gasteiger partial charge in [-0.1, -0.05) is 6.92 Å². The van der Waals surface area contributed by atoms with Crippen LogP contribution in [0.15, 0.2) is 17.1 Å². The summed E-state index contributed by atoms with van der Waals surface area (Å²) in [7, 11) is 0. The zero-order valence-electron chi connectivity index (χ0n) is 10.1. The molecule has 4 nitrogen and oxygen atoms in total. The van der Waals surface area contributed by atoms with E-state index in [1.165, 1.54) is 0 Å². The molecule has 0 spiro atoms. The molecule has 0 saturated heterocycles. The van der Waals surface area contributed by atoms with Crippen LogP contribution >= 0.6 is 0 Å². The number of carbonyl (C=O) groups excluding carboxylic acids is 1. The molecule has 0 bridgehead atoms. The highest BCUT2D eigenvalue weighted by molar-refractivity contribution is 6.01. The molecule has 0 aromatic carbocycles. The van der Waals surface area contributed by atoms with Gasteiger partial charge in [0.15, 0.2) is 5.78 Å². The minimum absolute atomic E-state index is 0.0196. The van der Waals surface area contributed by atoms with Gasteiger partial charge in [-0.25, -0.2) is 0 Å². The highest BCUT2D eigenvalue weighted by Gasteiger charge is 2.43. The Morgan fingerprint density at radius 3 is 2.62 bits per heavy atom. The summed E-state index contributed by atoms with van der Waals surface area (Å²) in [5.74, 6) is -0.0866. The average Bonchev–Trinajstić information content (AvgIpc) is 2.64. The predicted molar refractivity (Wildman–Crippen MR) is 64.5 cm³/mol. The molecule has 0 aromatic heterocycles. The zero-order valence-corrected chi connectivity index (χ0v) is 10.1. The van der Waals surface area contributed by atoms with Crippen molar-refractivity contribution in [2.45, 2.75) is 38.3 Å². The number of ketones is 1. The van der Waals surface area contributed by atoms with Crippen LogP contribution in [0.4, 0.5) is 0 Å². The Balaban J connectivity index is 2.95. The fourth-order valence-electron chi connectivity index (χ4n) is 1.92. The van der Waals surface area contributed by atoms with E-state index in [-0.39, 0.29) is 18.3 Å². The molecule has 0 aromatic rings. The number of aliphatic imine (C=N–C) groups is 1. The van der Waals surface area contributed by atoms with E-state index in [2.05, 4.69) is 4.99 Å². The second kappa shape index (κ2) is 4.47. The molecular formula is C12H20N2O2. The van der Waals surface area contributed by atoms with E-state index in [1.54, 1.807) is 32.2 Å². The van der Waals surface area contributed by atoms with Crippen molar-refractivity contribution in [3.8, 4) is 0 Å². The molecule has 90 valence electrons. The molecule has 1 aliphatic heterocycles. The topological polar surface area (TPSA) is 75.7 Å². The van der Waals surface area contributed by atoms with Crippen LogP contribution in [0.2, 0.25) is 0 Å². The van der Waals surface area contributed by atoms with Crippen molar-refractivity contribution >= 4 is 12.0 Å². The first-order valence-electron chi connectivity index (χ1n) is 5.49. The van der Waals surface area contributed by atoms with Crippen molar-refractivity contribution < 1.29 is 9.90 Å². The number of rotatable bonds is 5. The molecule has 2 atom stereocenters. The van der Waals surface area contributed by atoms with Crippen molar-refractivity contribution in [1.29, 1.82) is 0 Å². The third-order valence-electron chi connectivity index (χ3n) is 2.71. The number of hydrogen-bond acceptors (Lipinski definition) is 4. The highest BCUT2D eigenvalue weighted by Crippen LogP contribution is 2.30. The van der Waals surface area contributed by atoms with Crippen LogP contribution in [0.5, 0.6) is 0 Å². The Morgan fingerprint density at radius 1 is 1.62 bits per heavy atom. The van der Waals surface area contributed by atoms with Gasteiger partial charge in [0.05, 0.1) is 5.54 Å². The summed E-state index contributed by atoms with van der Waals surface area (Å²) in [6, 6.07) is 0. The van der Waals surface area contributed by atoms with Crippen LogP contribution in [0, 0.1) is 5.92 Å². The van der Waals surface area contributed by atoms with Crippen LogP contribution in [-0.2, 0) is 4.79 Å². The van der Waals surface area contributed by atoms with Gasteiger partial charge in [0.25, 0.3) is 0 Å². The minimum Gasteiger partial charge on any atom is -0.396 e. The van der Waals surface area contributed by atoms with Gasteiger partial charge in [-0.2, -0.15) is 0 Å². The van der Waals surface area contributed by atoms with E-state index in [9.17, 15) is 4.79 Å². The number of aliphatic hydroxyl groups excluding tert-OH is 1. The summed E-state index contributed by atoms with van der Waals surface area (Å²) in [4.78, 5) is 16.5. The van der Waals surface area contributed by atoms with Crippen LogP contribution in [0.3, 0.4) is 0 Å². The predicted octanol–water partition coefficient (Wildman–Crippen LogP) is 0.691. The Morgan fingerprint density at radius 2 is 2.25 bits per heavy atom. The summed E-state index contributed by atoms with van der Waals surface area (Å²) in [6.45, 7) is 5.30. The SMILES string of the molecule is CC(CO)CC1(C(=O)C(C)(C)N)C=CC=N1. The molecule has 1 aliphatic rings. The molecule has 16 heavy (non-hydrogen) atoms. The van der Waals surface area contributed by atoms with Crippen LogP contribution in [-0.4, -0.2) is 34.8 Å². The normalized spacial score (nSPS) is 26.1. The summed E-state index contributed by atoms with van der Waals surface area (Å²) >= 11 is 0. The fraction of sp³-hybridized carbons (Fsp3) is 0.667. The van der Waals surface area contributed by atoms with E-state index in [0.717, 1.165) is 0 Å². The first-order valence-corrected chi connectivity index (χ1v) is 5.49. The standard InChI is InChI=1S/C12H20N2O2/c1-9(8-15)7-12(5-4-6-14-12)10(16)11(2,3)13/h4-6,9,15H,7-8,13H2,1-3H3. The number of nitrogens with zero attached hydrogens (tertiary/aromatic N) is 1. The average molecular weight is 224 g/mol. The molecule has 0 fully saturated rings. The second-order valence-corrected chi connectivity index (χ2v) is 5.10. The molecule has 4 heteroatoms. The van der Waals surface area contributed by atoms with Gasteiger partial charge in [-0.05, 0) is 38.3 Å². The first-order chi connectivity index (χ1) is 7.32. The molecule has 2 unspecified atom stereocenters. The maximum Gasteiger partial charge on any atom is 0.183 e. The van der Waals surface area contributed by atoms with Gasteiger partial charge in [0.1, 0.15) is 5.54 Å². The number of aliphatic hydroxyl groups is 1. The number of Topliss-reactive ketones (excluding diaryl/α,β-unsaturated/α-hetero) is 1. The summed E-state index contributed by atoms with van der Waals surface area (Å²) in [5, 5.41) is 9.08. The summed E-state index contributed by atoms with van der Waals surface area (Å²) in [6.07, 6.45) is 5.65. The number of nitrogens with two attached hydrogens (primary N) is 1. The molecule has 1 heterocycles. The first kappa shape index (κ1) is 13.1. The van der Waals surface area contributed by atoms with E-state index in [4.69, 9.17) is 10.8 Å². The number of carbonyl (C=O) groups is 1. The van der Waals surface area contributed by atoms with E-state index in [1.807, 2.05) is 6.92 Å².